The number of anilines is 1. The monoisotopic (exact) mass is 274 g/mol. The van der Waals surface area contributed by atoms with E-state index in [-0.39, 0.29) is 18.2 Å². The van der Waals surface area contributed by atoms with Gasteiger partial charge >= 0.3 is 0 Å². The van der Waals surface area contributed by atoms with Gasteiger partial charge < -0.3 is 12.4 Å². The molecule has 0 aliphatic rings. The van der Waals surface area contributed by atoms with Crippen molar-refractivity contribution in [2.45, 2.75) is 6.92 Å². The maximum Gasteiger partial charge on any atom is 0.276 e. The van der Waals surface area contributed by atoms with E-state index in [1.165, 1.54) is 6.08 Å². The van der Waals surface area contributed by atoms with Gasteiger partial charge in [-0.2, -0.15) is 0 Å². The Morgan fingerprint density at radius 3 is 2.47 bits per heavy atom. The van der Waals surface area contributed by atoms with Crippen LogP contribution in [0.25, 0.3) is 6.20 Å². The number of aromatic nitrogens is 1. The molecule has 2 N–H and O–H groups in total. The second-order valence-electron chi connectivity index (χ2n) is 4.08. The predicted molar refractivity (Wildman–Crippen MR) is 71.9 cm³/mol. The number of halogens is 1. The standard InChI is InChI=1S/C15H14N2O.ClH/c1-12-5-7-13(8-6-12)14(18)9-11-17-10-3-2-4-15(17)16;/h2-11,16H,1H3;1H. The van der Waals surface area contributed by atoms with Crippen molar-refractivity contribution < 1.29 is 21.8 Å². The van der Waals surface area contributed by atoms with Gasteiger partial charge in [-0.15, -0.1) is 0 Å². The first-order valence-corrected chi connectivity index (χ1v) is 5.71. The number of nitrogens with two attached hydrogens (primary N) is 1. The summed E-state index contributed by atoms with van der Waals surface area (Å²) in [4.78, 5) is 11.9. The van der Waals surface area contributed by atoms with E-state index < -0.39 is 0 Å². The van der Waals surface area contributed by atoms with E-state index in [1.807, 2.05) is 43.3 Å². The molecule has 0 fully saturated rings. The number of rotatable bonds is 3. The second kappa shape index (κ2) is 6.71. The van der Waals surface area contributed by atoms with Crippen LogP contribution in [0, 0.1) is 6.92 Å². The third-order valence-electron chi connectivity index (χ3n) is 2.65. The van der Waals surface area contributed by atoms with Gasteiger partial charge in [-0.05, 0) is 13.0 Å². The Labute approximate surface area is 118 Å². The quantitative estimate of drug-likeness (QED) is 0.454. The van der Waals surface area contributed by atoms with Gasteiger partial charge in [0.15, 0.2) is 5.78 Å². The van der Waals surface area contributed by atoms with Gasteiger partial charge in [0.2, 0.25) is 0 Å². The molecule has 19 heavy (non-hydrogen) atoms. The van der Waals surface area contributed by atoms with E-state index in [9.17, 15) is 4.79 Å². The molecule has 98 valence electrons. The van der Waals surface area contributed by atoms with Crippen molar-refractivity contribution in [1.29, 1.82) is 0 Å². The van der Waals surface area contributed by atoms with Crippen molar-refractivity contribution in [2.75, 3.05) is 5.73 Å². The third-order valence-corrected chi connectivity index (χ3v) is 2.65. The van der Waals surface area contributed by atoms with E-state index in [2.05, 4.69) is 0 Å². The molecule has 1 aromatic carbocycles. The molecule has 1 aromatic heterocycles. The maximum atomic E-state index is 11.9. The Balaban J connectivity index is 0.00000180. The van der Waals surface area contributed by atoms with Gasteiger partial charge in [-0.3, -0.25) is 10.5 Å². The van der Waals surface area contributed by atoms with Crippen LogP contribution in [0.15, 0.2) is 54.7 Å². The largest absolute Gasteiger partial charge is 1.00 e. The summed E-state index contributed by atoms with van der Waals surface area (Å²) in [6.07, 6.45) is 4.98. The van der Waals surface area contributed by atoms with Gasteiger partial charge in [0.05, 0.1) is 12.4 Å². The molecule has 0 saturated heterocycles. The molecular weight excluding hydrogens is 260 g/mol. The average molecular weight is 275 g/mol. The molecule has 4 heteroatoms. The number of pyridine rings is 1. The molecule has 2 rings (SSSR count). The summed E-state index contributed by atoms with van der Waals surface area (Å²) in [5.41, 5.74) is 7.58. The highest BCUT2D eigenvalue weighted by atomic mass is 35.5. The first-order chi connectivity index (χ1) is 8.66. The molecule has 0 aliphatic carbocycles. The summed E-state index contributed by atoms with van der Waals surface area (Å²) in [5, 5.41) is 0. The zero-order chi connectivity index (χ0) is 13.0. The molecule has 0 aliphatic heterocycles. The number of carbonyl (C=O) groups is 1. The molecule has 0 radical (unpaired) electrons. The van der Waals surface area contributed by atoms with Crippen LogP contribution in [0.2, 0.25) is 0 Å². The van der Waals surface area contributed by atoms with E-state index >= 15 is 0 Å². The molecular formula is C15H15ClN2O. The number of benzene rings is 1. The lowest BCUT2D eigenvalue weighted by Crippen LogP contribution is -3.00. The first-order valence-electron chi connectivity index (χ1n) is 5.71. The Morgan fingerprint density at radius 1 is 1.16 bits per heavy atom. The minimum absolute atomic E-state index is 0. The second-order valence-corrected chi connectivity index (χ2v) is 4.08. The number of hydrogen-bond acceptors (Lipinski definition) is 2. The van der Waals surface area contributed by atoms with Crippen LogP contribution in [0.5, 0.6) is 0 Å². The molecule has 0 unspecified atom stereocenters. The number of allylic oxidation sites excluding steroid dienone is 1. The number of ketones is 1. The van der Waals surface area contributed by atoms with Crippen molar-refractivity contribution >= 4 is 17.8 Å². The van der Waals surface area contributed by atoms with Crippen LogP contribution in [-0.4, -0.2) is 5.78 Å². The lowest BCUT2D eigenvalue weighted by molar-refractivity contribution is -0.552. The van der Waals surface area contributed by atoms with Crippen LogP contribution >= 0.6 is 0 Å². The van der Waals surface area contributed by atoms with Crippen LogP contribution in [0.1, 0.15) is 15.9 Å². The van der Waals surface area contributed by atoms with Crippen LogP contribution in [0.4, 0.5) is 5.82 Å². The minimum Gasteiger partial charge on any atom is -1.00 e. The average Bonchev–Trinajstić information content (AvgIpc) is 2.38. The number of nitrogens with zero attached hydrogens (tertiary/aromatic N) is 1. The minimum atomic E-state index is -0.0363. The normalized spacial score (nSPS) is 10.2. The predicted octanol–water partition coefficient (Wildman–Crippen LogP) is -0.778. The van der Waals surface area contributed by atoms with Gasteiger partial charge in [0.1, 0.15) is 0 Å². The lowest BCUT2D eigenvalue weighted by atomic mass is 10.1. The van der Waals surface area contributed by atoms with E-state index in [0.29, 0.717) is 11.4 Å². The highest BCUT2D eigenvalue weighted by Gasteiger charge is 2.03. The number of nitrogen functional groups attached to an aromatic ring is 1. The highest BCUT2D eigenvalue weighted by Crippen LogP contribution is 2.04. The third kappa shape index (κ3) is 3.93. The van der Waals surface area contributed by atoms with Gasteiger partial charge in [0, 0.05) is 17.7 Å². The fourth-order valence-electron chi connectivity index (χ4n) is 1.57. The van der Waals surface area contributed by atoms with Gasteiger partial charge in [-0.25, -0.2) is 4.57 Å². The fourth-order valence-corrected chi connectivity index (χ4v) is 1.57. The summed E-state index contributed by atoms with van der Waals surface area (Å²) in [6.45, 7) is 1.99. The Morgan fingerprint density at radius 2 is 1.84 bits per heavy atom. The van der Waals surface area contributed by atoms with E-state index in [0.717, 1.165) is 5.56 Å². The molecule has 0 atom stereocenters. The Bertz CT molecular complexity index is 591. The zero-order valence-electron chi connectivity index (χ0n) is 10.6. The first kappa shape index (κ1) is 14.9. The number of aryl methyl sites for hydroxylation is 1. The summed E-state index contributed by atoms with van der Waals surface area (Å²) >= 11 is 0. The number of hydrogen-bond donors (Lipinski definition) is 1. The molecule has 0 spiro atoms. The van der Waals surface area contributed by atoms with Gasteiger partial charge in [0.25, 0.3) is 5.82 Å². The molecule has 3 nitrogen and oxygen atoms in total. The maximum absolute atomic E-state index is 11.9. The Kier molecular flexibility index (Phi) is 5.27. The van der Waals surface area contributed by atoms with Gasteiger partial charge in [-0.1, -0.05) is 35.9 Å². The summed E-state index contributed by atoms with van der Waals surface area (Å²) < 4.78 is 1.70. The van der Waals surface area contributed by atoms with Crippen molar-refractivity contribution in [2.24, 2.45) is 0 Å². The summed E-state index contributed by atoms with van der Waals surface area (Å²) in [6, 6.07) is 13.0. The van der Waals surface area contributed by atoms with Crippen molar-refractivity contribution in [3.8, 4) is 0 Å². The zero-order valence-corrected chi connectivity index (χ0v) is 11.3. The van der Waals surface area contributed by atoms with E-state index in [1.54, 1.807) is 23.0 Å². The van der Waals surface area contributed by atoms with Crippen LogP contribution in [-0.2, 0) is 0 Å². The van der Waals surface area contributed by atoms with Crippen molar-refractivity contribution in [3.63, 3.8) is 0 Å². The molecule has 0 amide bonds. The highest BCUT2D eigenvalue weighted by molar-refractivity contribution is 6.05. The molecule has 1 heterocycles. The van der Waals surface area contributed by atoms with Crippen molar-refractivity contribution in [3.05, 3.63) is 65.9 Å². The topological polar surface area (TPSA) is 47.0 Å². The molecule has 0 saturated carbocycles. The summed E-state index contributed by atoms with van der Waals surface area (Å²) in [5.74, 6) is 0.552. The smallest absolute Gasteiger partial charge is 0.276 e. The van der Waals surface area contributed by atoms with Crippen LogP contribution in [0.3, 0.4) is 0 Å². The SMILES string of the molecule is Cc1ccc(C(=O)C=C[n+]2ccccc2N)cc1.[Cl-]. The molecule has 2 aromatic rings. The lowest BCUT2D eigenvalue weighted by Gasteiger charge is -1.97. The molecule has 0 bridgehead atoms. The Hall–Kier alpha value is -2.13. The van der Waals surface area contributed by atoms with E-state index in [4.69, 9.17) is 5.73 Å². The summed E-state index contributed by atoms with van der Waals surface area (Å²) in [7, 11) is 0. The number of carbonyl (C=O) groups excluding carboxylic acids is 1. The van der Waals surface area contributed by atoms with Crippen molar-refractivity contribution in [1.82, 2.24) is 0 Å². The fraction of sp³-hybridized carbons (Fsp3) is 0.0667. The van der Waals surface area contributed by atoms with Crippen LogP contribution < -0.4 is 22.7 Å².